The van der Waals surface area contributed by atoms with Crippen molar-refractivity contribution < 1.29 is 4.79 Å². The van der Waals surface area contributed by atoms with Crippen LogP contribution in [0.4, 0.5) is 5.13 Å². The number of fused-ring (bicyclic) bond motifs is 1. The highest BCUT2D eigenvalue weighted by Crippen LogP contribution is 2.25. The molecule has 24 heavy (non-hydrogen) atoms. The molecular weight excluding hydrogens is 322 g/mol. The fourth-order valence-electron chi connectivity index (χ4n) is 2.96. The van der Waals surface area contributed by atoms with Gasteiger partial charge in [-0.1, -0.05) is 12.5 Å². The molecular formula is C17H17N5OS. The normalized spacial score (nSPS) is 14.0. The van der Waals surface area contributed by atoms with Crippen LogP contribution >= 0.6 is 11.3 Å². The zero-order chi connectivity index (χ0) is 16.4. The molecule has 6 nitrogen and oxygen atoms in total. The van der Waals surface area contributed by atoms with Crippen molar-refractivity contribution in [1.82, 2.24) is 20.2 Å². The molecule has 3 aromatic rings. The van der Waals surface area contributed by atoms with Crippen molar-refractivity contribution in [3.8, 4) is 11.4 Å². The fourth-order valence-corrected chi connectivity index (χ4v) is 3.66. The number of hydrogen-bond acceptors (Lipinski definition) is 5. The third-order valence-corrected chi connectivity index (χ3v) is 4.93. The van der Waals surface area contributed by atoms with E-state index in [0.717, 1.165) is 48.3 Å². The molecule has 0 bridgehead atoms. The highest BCUT2D eigenvalue weighted by molar-refractivity contribution is 7.14. The van der Waals surface area contributed by atoms with Crippen molar-refractivity contribution in [3.05, 3.63) is 46.7 Å². The Morgan fingerprint density at radius 2 is 2.08 bits per heavy atom. The van der Waals surface area contributed by atoms with E-state index in [0.29, 0.717) is 10.8 Å². The van der Waals surface area contributed by atoms with Gasteiger partial charge in [-0.25, -0.2) is 4.98 Å². The van der Waals surface area contributed by atoms with E-state index in [-0.39, 0.29) is 5.91 Å². The molecule has 0 radical (unpaired) electrons. The molecule has 0 saturated heterocycles. The van der Waals surface area contributed by atoms with Crippen LogP contribution in [0.25, 0.3) is 11.4 Å². The minimum atomic E-state index is -0.198. The predicted molar refractivity (Wildman–Crippen MR) is 93.1 cm³/mol. The van der Waals surface area contributed by atoms with Crippen LogP contribution in [-0.4, -0.2) is 26.1 Å². The molecule has 0 spiro atoms. The van der Waals surface area contributed by atoms with E-state index >= 15 is 0 Å². The van der Waals surface area contributed by atoms with Crippen molar-refractivity contribution in [2.75, 3.05) is 5.32 Å². The first kappa shape index (κ1) is 15.0. The first-order valence-corrected chi connectivity index (χ1v) is 8.93. The first-order valence-electron chi connectivity index (χ1n) is 8.05. The molecule has 1 aliphatic carbocycles. The number of rotatable bonds is 3. The van der Waals surface area contributed by atoms with E-state index < -0.39 is 0 Å². The van der Waals surface area contributed by atoms with Crippen molar-refractivity contribution >= 4 is 22.4 Å². The summed E-state index contributed by atoms with van der Waals surface area (Å²) in [4.78, 5) is 21.3. The average molecular weight is 339 g/mol. The number of amides is 1. The van der Waals surface area contributed by atoms with Gasteiger partial charge in [0.15, 0.2) is 10.8 Å². The van der Waals surface area contributed by atoms with Gasteiger partial charge < -0.3 is 0 Å². The number of H-pyrrole nitrogens is 1. The predicted octanol–water partition coefficient (Wildman–Crippen LogP) is 3.45. The lowest BCUT2D eigenvalue weighted by Crippen LogP contribution is -2.14. The minimum Gasteiger partial charge on any atom is -0.296 e. The Labute approximate surface area is 143 Å². The number of thiazole rings is 1. The van der Waals surface area contributed by atoms with E-state index in [1.165, 1.54) is 17.8 Å². The molecule has 7 heteroatoms. The van der Waals surface area contributed by atoms with Gasteiger partial charge in [0, 0.05) is 22.8 Å². The molecule has 0 atom stereocenters. The highest BCUT2D eigenvalue weighted by Gasteiger charge is 2.21. The van der Waals surface area contributed by atoms with Crippen molar-refractivity contribution in [1.29, 1.82) is 0 Å². The van der Waals surface area contributed by atoms with Gasteiger partial charge in [0.1, 0.15) is 5.69 Å². The smallest absolute Gasteiger partial charge is 0.278 e. The topological polar surface area (TPSA) is 83.6 Å². The van der Waals surface area contributed by atoms with Gasteiger partial charge in [-0.3, -0.25) is 20.2 Å². The maximum atomic E-state index is 12.6. The van der Waals surface area contributed by atoms with E-state index in [1.54, 1.807) is 6.20 Å². The van der Waals surface area contributed by atoms with E-state index in [1.807, 2.05) is 23.6 Å². The number of aromatic nitrogens is 4. The molecule has 4 rings (SSSR count). The first-order chi connectivity index (χ1) is 11.8. The van der Waals surface area contributed by atoms with Crippen LogP contribution in [0.2, 0.25) is 0 Å². The summed E-state index contributed by atoms with van der Waals surface area (Å²) in [6.45, 7) is 0. The molecule has 3 heterocycles. The summed E-state index contributed by atoms with van der Waals surface area (Å²) >= 11 is 1.39. The molecule has 0 aliphatic heterocycles. The van der Waals surface area contributed by atoms with Gasteiger partial charge in [0.25, 0.3) is 5.91 Å². The summed E-state index contributed by atoms with van der Waals surface area (Å²) in [6, 6.07) is 5.68. The van der Waals surface area contributed by atoms with Crippen LogP contribution < -0.4 is 5.32 Å². The second kappa shape index (κ2) is 6.52. The van der Waals surface area contributed by atoms with Gasteiger partial charge in [0.2, 0.25) is 0 Å². The van der Waals surface area contributed by atoms with Crippen molar-refractivity contribution in [2.24, 2.45) is 0 Å². The molecule has 2 N–H and O–H groups in total. The summed E-state index contributed by atoms with van der Waals surface area (Å²) in [5, 5.41) is 12.6. The quantitative estimate of drug-likeness (QED) is 0.716. The lowest BCUT2D eigenvalue weighted by atomic mass is 10.1. The van der Waals surface area contributed by atoms with Crippen LogP contribution in [-0.2, 0) is 12.8 Å². The Morgan fingerprint density at radius 3 is 2.96 bits per heavy atom. The van der Waals surface area contributed by atoms with Crippen LogP contribution in [0.5, 0.6) is 0 Å². The molecule has 122 valence electrons. The third-order valence-electron chi connectivity index (χ3n) is 4.17. The number of pyridine rings is 1. The lowest BCUT2D eigenvalue weighted by Gasteiger charge is -2.02. The van der Waals surface area contributed by atoms with Crippen LogP contribution in [0.3, 0.4) is 0 Å². The number of aryl methyl sites for hydroxylation is 1. The largest absolute Gasteiger partial charge is 0.296 e. The van der Waals surface area contributed by atoms with Gasteiger partial charge in [-0.2, -0.15) is 5.10 Å². The average Bonchev–Trinajstić information content (AvgIpc) is 3.17. The summed E-state index contributed by atoms with van der Waals surface area (Å²) in [5.41, 5.74) is 4.22. The Bertz CT molecular complexity index is 855. The summed E-state index contributed by atoms with van der Waals surface area (Å²) in [5.74, 6) is -0.198. The molecule has 1 amide bonds. The maximum absolute atomic E-state index is 12.6. The molecule has 3 aromatic heterocycles. The molecule has 0 saturated carbocycles. The summed E-state index contributed by atoms with van der Waals surface area (Å²) < 4.78 is 0. The van der Waals surface area contributed by atoms with Gasteiger partial charge in [-0.15, -0.1) is 11.3 Å². The number of aromatic amines is 1. The lowest BCUT2D eigenvalue weighted by molar-refractivity contribution is 0.102. The van der Waals surface area contributed by atoms with Gasteiger partial charge in [-0.05, 0) is 37.8 Å². The summed E-state index contributed by atoms with van der Waals surface area (Å²) in [7, 11) is 0. The molecule has 0 aromatic carbocycles. The Balaban J connectivity index is 1.53. The monoisotopic (exact) mass is 339 g/mol. The van der Waals surface area contributed by atoms with Gasteiger partial charge in [0.05, 0.1) is 5.69 Å². The Morgan fingerprint density at radius 1 is 1.17 bits per heavy atom. The highest BCUT2D eigenvalue weighted by atomic mass is 32.1. The Kier molecular flexibility index (Phi) is 4.08. The number of hydrogen-bond donors (Lipinski definition) is 2. The van der Waals surface area contributed by atoms with Crippen molar-refractivity contribution in [3.63, 3.8) is 0 Å². The number of carbonyl (C=O) groups is 1. The third kappa shape index (κ3) is 2.94. The minimum absolute atomic E-state index is 0.198. The summed E-state index contributed by atoms with van der Waals surface area (Å²) in [6.07, 6.45) is 7.06. The number of carbonyl (C=O) groups excluding carboxylic acids is 1. The van der Waals surface area contributed by atoms with E-state index in [9.17, 15) is 4.79 Å². The van der Waals surface area contributed by atoms with Crippen LogP contribution in [0, 0.1) is 0 Å². The number of nitrogens with zero attached hydrogens (tertiary/aromatic N) is 3. The molecule has 0 unspecified atom stereocenters. The van der Waals surface area contributed by atoms with E-state index in [4.69, 9.17) is 0 Å². The Hall–Kier alpha value is -2.54. The molecule has 1 aliphatic rings. The van der Waals surface area contributed by atoms with Crippen molar-refractivity contribution in [2.45, 2.75) is 32.1 Å². The standard InChI is InChI=1S/C17H17N5OS/c23-16(15-11-6-2-1-3-7-12(11)21-22-15)20-17-19-14(10-24-17)13-8-4-5-9-18-13/h4-5,8-10H,1-3,6-7H2,(H,21,22)(H,19,20,23). The second-order valence-corrected chi connectivity index (χ2v) is 6.66. The SMILES string of the molecule is O=C(Nc1nc(-c2ccccn2)cs1)c1n[nH]c2c1CCCCC2. The van der Waals surface area contributed by atoms with E-state index in [2.05, 4.69) is 25.5 Å². The fraction of sp³-hybridized carbons (Fsp3) is 0.294. The number of anilines is 1. The molecule has 0 fully saturated rings. The zero-order valence-electron chi connectivity index (χ0n) is 13.1. The number of nitrogens with one attached hydrogen (secondary N) is 2. The maximum Gasteiger partial charge on any atom is 0.278 e. The van der Waals surface area contributed by atoms with Crippen LogP contribution in [0.15, 0.2) is 29.8 Å². The second-order valence-electron chi connectivity index (χ2n) is 5.80. The zero-order valence-corrected chi connectivity index (χ0v) is 13.9. The van der Waals surface area contributed by atoms with Crippen LogP contribution in [0.1, 0.15) is 41.0 Å². The van der Waals surface area contributed by atoms with Gasteiger partial charge >= 0.3 is 0 Å².